The van der Waals surface area contributed by atoms with Gasteiger partial charge in [-0.15, -0.1) is 0 Å². The average molecular weight is 1050 g/mol. The molecule has 76 heavy (non-hydrogen) atoms. The first-order chi connectivity index (χ1) is 36.9. The molecule has 0 amide bonds. The van der Waals surface area contributed by atoms with E-state index in [2.05, 4.69) is 27.7 Å². The molecule has 1 aliphatic carbocycles. The Labute approximate surface area is 452 Å². The van der Waals surface area contributed by atoms with Crippen molar-refractivity contribution in [3.05, 3.63) is 115 Å². The fraction of sp³-hybridized carbons (Fsp3) is 0.562. The first-order valence-electron chi connectivity index (χ1n) is 29.0. The van der Waals surface area contributed by atoms with Gasteiger partial charge < -0.3 is 39.4 Å². The van der Waals surface area contributed by atoms with E-state index in [4.69, 9.17) is 18.9 Å². The van der Waals surface area contributed by atoms with Crippen LogP contribution in [-0.2, 0) is 25.7 Å². The van der Waals surface area contributed by atoms with Gasteiger partial charge in [0, 0.05) is 25.7 Å². The summed E-state index contributed by atoms with van der Waals surface area (Å²) in [6.45, 7) is 10.1. The van der Waals surface area contributed by atoms with Crippen molar-refractivity contribution in [2.24, 2.45) is 0 Å². The number of rotatable bonds is 36. The first kappa shape index (κ1) is 60.8. The van der Waals surface area contributed by atoms with Crippen LogP contribution in [0.3, 0.4) is 0 Å². The molecule has 12 heteroatoms. The first-order valence-corrected chi connectivity index (χ1v) is 29.0. The Kier molecular flexibility index (Phi) is 26.6. The molecule has 0 fully saturated rings. The van der Waals surface area contributed by atoms with E-state index in [-0.39, 0.29) is 47.9 Å². The van der Waals surface area contributed by atoms with Crippen LogP contribution < -0.4 is 18.9 Å². The number of hydrogen-bond donors (Lipinski definition) is 4. The Morgan fingerprint density at radius 1 is 0.289 bits per heavy atom. The Hall–Kier alpha value is -6.04. The van der Waals surface area contributed by atoms with Crippen LogP contribution in [0.5, 0.6) is 23.0 Å². The summed E-state index contributed by atoms with van der Waals surface area (Å²) in [5.74, 6) is -2.89. The topological polar surface area (TPSA) is 186 Å². The SMILES string of the molecule is CCCCCCCCOc1c2cc(C(=O)O)cc1Cc1cc(C(=O)O)cc(c1OCCCCCCCC)Cc1cc(C(=O)O)cc(c1OCCCCCCCC)Cc1cc(C(=O)O)cc(c1OCCCCCCCC)C2. The van der Waals surface area contributed by atoms with E-state index in [9.17, 15) is 39.6 Å². The Morgan fingerprint density at radius 2 is 0.447 bits per heavy atom. The van der Waals surface area contributed by atoms with Crippen molar-refractivity contribution in [1.29, 1.82) is 0 Å². The standard InChI is InChI=1S/C64H88O12/c1-5-9-13-17-21-25-29-73-57-45-33-47-39-54(62(67)68)41-49(58(47)74-30-26-22-18-14-10-6-2)35-51-43-56(64(71)72)44-52(60(51)76-32-28-24-20-16-12-8-4)36-50-42-55(63(69)70)40-48(34-46(57)38-53(37-45)61(65)66)59(50)75-31-27-23-19-15-11-7-3/h37-44H,5-36H2,1-4H3,(H,65,66)(H,67,68)(H,69,70)(H,71,72). The molecule has 0 atom stereocenters. The minimum absolute atomic E-state index is 0.00492. The van der Waals surface area contributed by atoms with Crippen molar-refractivity contribution in [3.63, 3.8) is 0 Å². The molecule has 0 aromatic heterocycles. The summed E-state index contributed by atoms with van der Waals surface area (Å²) in [5.41, 5.74) is 4.04. The molecule has 0 heterocycles. The summed E-state index contributed by atoms with van der Waals surface area (Å²) in [5, 5.41) is 43.0. The van der Waals surface area contributed by atoms with E-state index in [0.717, 1.165) is 154 Å². The number of benzene rings is 4. The summed E-state index contributed by atoms with van der Waals surface area (Å²) in [6.07, 6.45) is 24.6. The van der Waals surface area contributed by atoms with Gasteiger partial charge >= 0.3 is 23.9 Å². The highest BCUT2D eigenvalue weighted by molar-refractivity contribution is 5.91. The van der Waals surface area contributed by atoms with Crippen molar-refractivity contribution >= 4 is 23.9 Å². The molecular weight excluding hydrogens is 961 g/mol. The zero-order chi connectivity index (χ0) is 54.7. The number of ether oxygens (including phenoxy) is 4. The van der Waals surface area contributed by atoms with Crippen LogP contribution >= 0.6 is 0 Å². The predicted molar refractivity (Wildman–Crippen MR) is 300 cm³/mol. The predicted octanol–water partition coefficient (Wildman–Crippen LogP) is 16.1. The zero-order valence-electron chi connectivity index (χ0n) is 46.3. The van der Waals surface area contributed by atoms with E-state index < -0.39 is 23.9 Å². The third-order valence-electron chi connectivity index (χ3n) is 14.5. The largest absolute Gasteiger partial charge is 0.493 e. The normalized spacial score (nSPS) is 12.1. The summed E-state index contributed by atoms with van der Waals surface area (Å²) < 4.78 is 27.2. The Morgan fingerprint density at radius 3 is 0.605 bits per heavy atom. The molecule has 416 valence electrons. The van der Waals surface area contributed by atoms with Crippen LogP contribution in [-0.4, -0.2) is 70.7 Å². The molecule has 0 aliphatic heterocycles. The van der Waals surface area contributed by atoms with Gasteiger partial charge in [0.1, 0.15) is 23.0 Å². The van der Waals surface area contributed by atoms with Gasteiger partial charge in [-0.25, -0.2) is 19.2 Å². The second-order valence-electron chi connectivity index (χ2n) is 20.9. The Balaban J connectivity index is 1.82. The molecule has 0 saturated carbocycles. The van der Waals surface area contributed by atoms with Gasteiger partial charge in [-0.3, -0.25) is 0 Å². The molecule has 4 N–H and O–H groups in total. The highest BCUT2D eigenvalue weighted by atomic mass is 16.5. The maximum Gasteiger partial charge on any atom is 0.335 e. The van der Waals surface area contributed by atoms with Crippen molar-refractivity contribution in [2.75, 3.05) is 26.4 Å². The lowest BCUT2D eigenvalue weighted by Gasteiger charge is -2.24. The van der Waals surface area contributed by atoms with Crippen molar-refractivity contribution in [1.82, 2.24) is 0 Å². The van der Waals surface area contributed by atoms with E-state index in [1.165, 1.54) is 0 Å². The lowest BCUT2D eigenvalue weighted by molar-refractivity contribution is 0.0685. The fourth-order valence-electron chi connectivity index (χ4n) is 10.4. The number of carboxylic acids is 4. The van der Waals surface area contributed by atoms with E-state index in [1.807, 2.05) is 0 Å². The number of unbranched alkanes of at least 4 members (excludes halogenated alkanes) is 20. The van der Waals surface area contributed by atoms with Gasteiger partial charge in [-0.2, -0.15) is 0 Å². The van der Waals surface area contributed by atoms with E-state index >= 15 is 0 Å². The molecular formula is C64H88O12. The van der Waals surface area contributed by atoms with Gasteiger partial charge in [-0.05, 0) is 119 Å². The minimum atomic E-state index is -1.17. The molecule has 0 unspecified atom stereocenters. The zero-order valence-corrected chi connectivity index (χ0v) is 46.3. The molecule has 4 aromatic rings. The number of fused-ring (bicyclic) bond motifs is 8. The highest BCUT2D eigenvalue weighted by Crippen LogP contribution is 2.41. The molecule has 12 nitrogen and oxygen atoms in total. The van der Waals surface area contributed by atoms with Gasteiger partial charge in [0.2, 0.25) is 0 Å². The molecule has 8 bridgehead atoms. The molecule has 5 rings (SSSR count). The van der Waals surface area contributed by atoms with E-state index in [1.54, 1.807) is 48.5 Å². The molecule has 0 radical (unpaired) electrons. The lowest BCUT2D eigenvalue weighted by Crippen LogP contribution is -2.14. The van der Waals surface area contributed by atoms with Crippen LogP contribution in [0, 0.1) is 0 Å². The summed E-state index contributed by atoms with van der Waals surface area (Å²) >= 11 is 0. The maximum atomic E-state index is 13.2. The number of aromatic carboxylic acids is 4. The molecule has 4 aromatic carbocycles. The number of carbonyl (C=O) groups is 4. The van der Waals surface area contributed by atoms with Gasteiger partial charge in [-0.1, -0.05) is 156 Å². The van der Waals surface area contributed by atoms with Crippen LogP contribution in [0.4, 0.5) is 0 Å². The van der Waals surface area contributed by atoms with Crippen LogP contribution in [0.15, 0.2) is 48.5 Å². The maximum absolute atomic E-state index is 13.2. The van der Waals surface area contributed by atoms with Gasteiger partial charge in [0.05, 0.1) is 48.7 Å². The van der Waals surface area contributed by atoms with Crippen molar-refractivity contribution in [2.45, 2.75) is 207 Å². The second kappa shape index (κ2) is 33.2. The fourth-order valence-corrected chi connectivity index (χ4v) is 10.4. The van der Waals surface area contributed by atoms with Crippen LogP contribution in [0.1, 0.15) is 268 Å². The van der Waals surface area contributed by atoms with Gasteiger partial charge in [0.25, 0.3) is 0 Å². The summed E-state index contributed by atoms with van der Waals surface area (Å²) in [4.78, 5) is 52.7. The van der Waals surface area contributed by atoms with E-state index in [0.29, 0.717) is 93.9 Å². The third kappa shape index (κ3) is 19.2. The Bertz CT molecular complexity index is 2060. The summed E-state index contributed by atoms with van der Waals surface area (Å²) in [7, 11) is 0. The average Bonchev–Trinajstić information content (AvgIpc) is 3.40. The number of carboxylic acid groups (broad SMARTS) is 4. The second-order valence-corrected chi connectivity index (χ2v) is 20.9. The molecule has 0 saturated heterocycles. The van der Waals surface area contributed by atoms with Crippen molar-refractivity contribution < 1.29 is 58.6 Å². The monoisotopic (exact) mass is 1050 g/mol. The summed E-state index contributed by atoms with van der Waals surface area (Å²) in [6, 6.07) is 12.7. The van der Waals surface area contributed by atoms with Crippen molar-refractivity contribution in [3.8, 4) is 23.0 Å². The quantitative estimate of drug-likeness (QED) is 0.0279. The van der Waals surface area contributed by atoms with Gasteiger partial charge in [0.15, 0.2) is 0 Å². The molecule has 1 aliphatic rings. The third-order valence-corrected chi connectivity index (χ3v) is 14.5. The minimum Gasteiger partial charge on any atom is -0.493 e. The van der Waals surface area contributed by atoms with Crippen LogP contribution in [0.25, 0.3) is 0 Å². The molecule has 0 spiro atoms. The van der Waals surface area contributed by atoms with Crippen LogP contribution in [0.2, 0.25) is 0 Å². The highest BCUT2D eigenvalue weighted by Gasteiger charge is 2.27. The number of hydrogen-bond acceptors (Lipinski definition) is 8. The lowest BCUT2D eigenvalue weighted by atomic mass is 9.88. The smallest absolute Gasteiger partial charge is 0.335 e.